The maximum absolute atomic E-state index is 13.1. The molecule has 0 radical (unpaired) electrons. The van der Waals surface area contributed by atoms with Crippen molar-refractivity contribution >= 4 is 23.2 Å². The second kappa shape index (κ2) is 13.3. The summed E-state index contributed by atoms with van der Waals surface area (Å²) in [4.78, 5) is 24.6. The molecule has 5 rings (SSSR count). The molecule has 2 heterocycles. The molecule has 0 saturated carbocycles. The summed E-state index contributed by atoms with van der Waals surface area (Å²) >= 11 is 0. The van der Waals surface area contributed by atoms with Gasteiger partial charge >= 0.3 is 6.36 Å². The van der Waals surface area contributed by atoms with E-state index in [-0.39, 0.29) is 17.6 Å². The minimum Gasteiger partial charge on any atom is -0.477 e. The molecular formula is C33H34F3N5O3. The summed E-state index contributed by atoms with van der Waals surface area (Å²) in [6.45, 7) is 9.43. The third kappa shape index (κ3) is 7.65. The lowest BCUT2D eigenvalue weighted by molar-refractivity contribution is -0.274. The molecule has 1 aliphatic heterocycles. The number of nitrogens with zero attached hydrogens (tertiary/aromatic N) is 3. The molecule has 2 N–H and O–H groups in total. The third-order valence-corrected chi connectivity index (χ3v) is 7.39. The summed E-state index contributed by atoms with van der Waals surface area (Å²) in [5.74, 6) is 0.145. The highest BCUT2D eigenvalue weighted by molar-refractivity contribution is 6.04. The van der Waals surface area contributed by atoms with E-state index < -0.39 is 6.36 Å². The van der Waals surface area contributed by atoms with Gasteiger partial charge < -0.3 is 20.1 Å². The zero-order chi connectivity index (χ0) is 31.3. The van der Waals surface area contributed by atoms with Gasteiger partial charge in [-0.3, -0.25) is 9.69 Å². The van der Waals surface area contributed by atoms with E-state index in [1.165, 1.54) is 24.3 Å². The largest absolute Gasteiger partial charge is 0.573 e. The number of halogens is 3. The van der Waals surface area contributed by atoms with Crippen molar-refractivity contribution in [1.82, 2.24) is 14.9 Å². The molecule has 0 unspecified atom stereocenters. The summed E-state index contributed by atoms with van der Waals surface area (Å²) < 4.78 is 47.6. The first kappa shape index (κ1) is 30.8. The van der Waals surface area contributed by atoms with Crippen LogP contribution in [-0.2, 0) is 13.0 Å². The SMILES string of the molecule is CCN(CC)Cc1ccc(C)c(NC(=O)c2ccc(Nc3nc4c(c(-c5ccc(OC(F)(F)F)cc5)n3)CCCO4)cc2)c1. The van der Waals surface area contributed by atoms with Crippen molar-refractivity contribution in [2.24, 2.45) is 0 Å². The lowest BCUT2D eigenvalue weighted by Gasteiger charge is -2.20. The van der Waals surface area contributed by atoms with Crippen molar-refractivity contribution in [3.8, 4) is 22.9 Å². The number of amides is 1. The van der Waals surface area contributed by atoms with Crippen LogP contribution in [0.15, 0.2) is 66.7 Å². The monoisotopic (exact) mass is 605 g/mol. The predicted octanol–water partition coefficient (Wildman–Crippen LogP) is 7.51. The van der Waals surface area contributed by atoms with Gasteiger partial charge in [0.2, 0.25) is 11.8 Å². The van der Waals surface area contributed by atoms with Crippen molar-refractivity contribution in [2.45, 2.75) is 46.5 Å². The lowest BCUT2D eigenvalue weighted by Crippen LogP contribution is -2.22. The van der Waals surface area contributed by atoms with Crippen LogP contribution in [0.5, 0.6) is 11.6 Å². The molecule has 0 fully saturated rings. The maximum atomic E-state index is 13.1. The molecule has 4 aromatic rings. The van der Waals surface area contributed by atoms with E-state index in [1.54, 1.807) is 24.3 Å². The van der Waals surface area contributed by atoms with Gasteiger partial charge in [0.1, 0.15) is 5.75 Å². The number of hydrogen-bond donors (Lipinski definition) is 2. The van der Waals surface area contributed by atoms with Crippen LogP contribution in [-0.4, -0.2) is 46.8 Å². The molecule has 0 bridgehead atoms. The number of fused-ring (bicyclic) bond motifs is 1. The summed E-state index contributed by atoms with van der Waals surface area (Å²) in [6.07, 6.45) is -3.33. The Morgan fingerprint density at radius 3 is 2.41 bits per heavy atom. The number of ether oxygens (including phenoxy) is 2. The summed E-state index contributed by atoms with van der Waals surface area (Å²) in [5, 5.41) is 6.19. The van der Waals surface area contributed by atoms with Crippen molar-refractivity contribution in [1.29, 1.82) is 0 Å². The number of hydrogen-bond acceptors (Lipinski definition) is 7. The first-order valence-corrected chi connectivity index (χ1v) is 14.5. The number of rotatable bonds is 10. The molecule has 1 aliphatic rings. The van der Waals surface area contributed by atoms with Crippen LogP contribution in [0.4, 0.5) is 30.5 Å². The maximum Gasteiger partial charge on any atom is 0.573 e. The molecule has 230 valence electrons. The van der Waals surface area contributed by atoms with E-state index in [2.05, 4.69) is 50.2 Å². The van der Waals surface area contributed by atoms with Crippen LogP contribution in [0.2, 0.25) is 0 Å². The molecule has 11 heteroatoms. The number of benzene rings is 3. The van der Waals surface area contributed by atoms with E-state index in [0.29, 0.717) is 41.4 Å². The van der Waals surface area contributed by atoms with Crippen LogP contribution >= 0.6 is 0 Å². The number of anilines is 3. The Morgan fingerprint density at radius 2 is 1.73 bits per heavy atom. The average molecular weight is 606 g/mol. The first-order chi connectivity index (χ1) is 21.1. The molecule has 0 spiro atoms. The van der Waals surface area contributed by atoms with Crippen molar-refractivity contribution in [2.75, 3.05) is 30.3 Å². The van der Waals surface area contributed by atoms with Crippen molar-refractivity contribution < 1.29 is 27.4 Å². The summed E-state index contributed by atoms with van der Waals surface area (Å²) in [7, 11) is 0. The zero-order valence-corrected chi connectivity index (χ0v) is 24.8. The van der Waals surface area contributed by atoms with E-state index >= 15 is 0 Å². The first-order valence-electron chi connectivity index (χ1n) is 14.5. The van der Waals surface area contributed by atoms with Gasteiger partial charge in [-0.25, -0.2) is 4.98 Å². The van der Waals surface area contributed by atoms with Gasteiger partial charge in [0.05, 0.1) is 12.3 Å². The minimum absolute atomic E-state index is 0.224. The van der Waals surface area contributed by atoms with E-state index in [9.17, 15) is 18.0 Å². The number of alkyl halides is 3. The highest BCUT2D eigenvalue weighted by atomic mass is 19.4. The average Bonchev–Trinajstić information content (AvgIpc) is 3.01. The van der Waals surface area contributed by atoms with E-state index in [1.807, 2.05) is 19.1 Å². The topological polar surface area (TPSA) is 88.6 Å². The van der Waals surface area contributed by atoms with Gasteiger partial charge in [0.25, 0.3) is 5.91 Å². The Labute approximate surface area is 254 Å². The zero-order valence-electron chi connectivity index (χ0n) is 24.8. The van der Waals surface area contributed by atoms with Crippen molar-refractivity contribution in [3.63, 3.8) is 0 Å². The van der Waals surface area contributed by atoms with Crippen LogP contribution in [0.25, 0.3) is 11.3 Å². The minimum atomic E-state index is -4.77. The van der Waals surface area contributed by atoms with Gasteiger partial charge in [-0.15, -0.1) is 13.2 Å². The van der Waals surface area contributed by atoms with Crippen LogP contribution < -0.4 is 20.1 Å². The van der Waals surface area contributed by atoms with Crippen molar-refractivity contribution in [3.05, 3.63) is 89.0 Å². The molecule has 8 nitrogen and oxygen atoms in total. The Balaban J connectivity index is 1.31. The number of aryl methyl sites for hydroxylation is 1. The molecule has 0 atom stereocenters. The summed E-state index contributed by atoms with van der Waals surface area (Å²) in [6, 6.07) is 18.6. The molecule has 3 aromatic carbocycles. The highest BCUT2D eigenvalue weighted by Gasteiger charge is 2.31. The lowest BCUT2D eigenvalue weighted by atomic mass is 10.0. The van der Waals surface area contributed by atoms with E-state index in [4.69, 9.17) is 4.74 Å². The fourth-order valence-corrected chi connectivity index (χ4v) is 4.97. The quantitative estimate of drug-likeness (QED) is 0.193. The fourth-order valence-electron chi connectivity index (χ4n) is 4.97. The second-order valence-electron chi connectivity index (χ2n) is 10.5. The molecular weight excluding hydrogens is 571 g/mol. The second-order valence-corrected chi connectivity index (χ2v) is 10.5. The fraction of sp³-hybridized carbons (Fsp3) is 0.303. The van der Waals surface area contributed by atoms with Gasteiger partial charge in [-0.05, 0) is 98.6 Å². The van der Waals surface area contributed by atoms with Crippen LogP contribution in [0.3, 0.4) is 0 Å². The number of aromatic nitrogens is 2. The molecule has 44 heavy (non-hydrogen) atoms. The van der Waals surface area contributed by atoms with Crippen LogP contribution in [0, 0.1) is 6.92 Å². The molecule has 0 aliphatic carbocycles. The summed E-state index contributed by atoms with van der Waals surface area (Å²) in [5.41, 5.74) is 5.97. The van der Waals surface area contributed by atoms with Gasteiger partial charge in [-0.2, -0.15) is 4.98 Å². The normalized spacial score (nSPS) is 12.8. The van der Waals surface area contributed by atoms with Gasteiger partial charge in [0, 0.05) is 34.6 Å². The molecule has 1 amide bonds. The van der Waals surface area contributed by atoms with Crippen LogP contribution in [0.1, 0.15) is 47.3 Å². The number of carbonyl (C=O) groups is 1. The van der Waals surface area contributed by atoms with Gasteiger partial charge in [-0.1, -0.05) is 26.0 Å². The molecule has 0 saturated heterocycles. The van der Waals surface area contributed by atoms with E-state index in [0.717, 1.165) is 48.4 Å². The highest BCUT2D eigenvalue weighted by Crippen LogP contribution is 2.35. The standard InChI is InChI=1S/C33H34F3N5O3/c1-4-41(5-2)20-22-9-8-21(3)28(19-22)38-30(42)24-10-14-25(15-11-24)37-32-39-29(27-7-6-18-43-31(27)40-32)23-12-16-26(17-13-23)44-33(34,35)36/h8-17,19H,4-7,18,20H2,1-3H3,(H,38,42)(H,37,39,40). The third-order valence-electron chi connectivity index (χ3n) is 7.39. The predicted molar refractivity (Wildman–Crippen MR) is 163 cm³/mol. The molecule has 1 aromatic heterocycles. The Morgan fingerprint density at radius 1 is 1.00 bits per heavy atom. The van der Waals surface area contributed by atoms with Gasteiger partial charge in [0.15, 0.2) is 0 Å². The Bertz CT molecular complexity index is 1610. The smallest absolute Gasteiger partial charge is 0.477 e. The number of carbonyl (C=O) groups excluding carboxylic acids is 1. The Kier molecular flexibility index (Phi) is 9.34. The number of nitrogens with one attached hydrogen (secondary N) is 2. The Hall–Kier alpha value is -4.64.